The zero-order valence-corrected chi connectivity index (χ0v) is 18.1. The van der Waals surface area contributed by atoms with Gasteiger partial charge in [0.05, 0.1) is 32.1 Å². The van der Waals surface area contributed by atoms with Crippen LogP contribution in [0, 0.1) is 0 Å². The first-order valence-corrected chi connectivity index (χ1v) is 10.4. The molecule has 0 amide bonds. The molecule has 0 saturated carbocycles. The first-order valence-electron chi connectivity index (χ1n) is 10.4. The third-order valence-electron chi connectivity index (χ3n) is 5.71. The summed E-state index contributed by atoms with van der Waals surface area (Å²) < 4.78 is 16.6. The number of rotatable bonds is 5. The number of morpholine rings is 1. The number of anilines is 1. The molecule has 8 heteroatoms. The predicted octanol–water partition coefficient (Wildman–Crippen LogP) is 1.96. The molecule has 0 spiro atoms. The number of aromatic amines is 1. The molecule has 8 nitrogen and oxygen atoms in total. The van der Waals surface area contributed by atoms with Crippen molar-refractivity contribution in [3.63, 3.8) is 0 Å². The lowest BCUT2D eigenvalue weighted by Gasteiger charge is -2.36. The Morgan fingerprint density at radius 3 is 2.60 bits per heavy atom. The second kappa shape index (κ2) is 8.65. The molecular formula is C22H30N4O4. The van der Waals surface area contributed by atoms with Crippen LogP contribution in [-0.4, -0.2) is 60.9 Å². The molecule has 1 fully saturated rings. The Bertz CT molecular complexity index is 951. The molecule has 2 aliphatic rings. The van der Waals surface area contributed by atoms with Crippen LogP contribution in [0.5, 0.6) is 11.5 Å². The molecule has 4 rings (SSSR count). The van der Waals surface area contributed by atoms with Crippen molar-refractivity contribution in [1.82, 2.24) is 14.9 Å². The van der Waals surface area contributed by atoms with Crippen LogP contribution in [0.3, 0.4) is 0 Å². The highest BCUT2D eigenvalue weighted by molar-refractivity contribution is 5.43. The van der Waals surface area contributed by atoms with Crippen molar-refractivity contribution >= 4 is 5.95 Å². The van der Waals surface area contributed by atoms with Crippen LogP contribution in [0.15, 0.2) is 23.0 Å². The molecule has 0 aliphatic carbocycles. The minimum absolute atomic E-state index is 0.0208. The lowest BCUT2D eigenvalue weighted by molar-refractivity contribution is -0.00576. The van der Waals surface area contributed by atoms with Crippen LogP contribution in [0.2, 0.25) is 0 Å². The molecule has 1 saturated heterocycles. The van der Waals surface area contributed by atoms with Crippen molar-refractivity contribution in [2.75, 3.05) is 38.8 Å². The average molecular weight is 415 g/mol. The van der Waals surface area contributed by atoms with Gasteiger partial charge in [-0.2, -0.15) is 0 Å². The second-order valence-electron chi connectivity index (χ2n) is 8.13. The van der Waals surface area contributed by atoms with Gasteiger partial charge in [0, 0.05) is 38.3 Å². The standard InChI is InChI=1S/C22H30N4O4/c1-14-10-26(11-15(2)30-14)22-23-18-13-25(8-7-17(18)21(27)24-22)12-16-5-6-19(28-3)20(9-16)29-4/h5-6,9,14-15H,7-8,10-13H2,1-4H3,(H,23,24,27)/t14-,15+. The van der Waals surface area contributed by atoms with E-state index in [9.17, 15) is 4.79 Å². The fraction of sp³-hybridized carbons (Fsp3) is 0.545. The van der Waals surface area contributed by atoms with Crippen LogP contribution in [-0.2, 0) is 24.2 Å². The number of nitrogens with one attached hydrogen (secondary N) is 1. The van der Waals surface area contributed by atoms with Gasteiger partial charge in [0.25, 0.3) is 5.56 Å². The maximum atomic E-state index is 12.7. The van der Waals surface area contributed by atoms with Gasteiger partial charge in [-0.3, -0.25) is 14.7 Å². The molecule has 2 aromatic rings. The SMILES string of the molecule is COc1ccc(CN2CCc3c(nc(N4C[C@@H](C)O[C@@H](C)C4)[nH]c3=O)C2)cc1OC. The number of benzene rings is 1. The number of H-pyrrole nitrogens is 1. The minimum Gasteiger partial charge on any atom is -0.493 e. The highest BCUT2D eigenvalue weighted by atomic mass is 16.5. The van der Waals surface area contributed by atoms with Crippen molar-refractivity contribution in [2.24, 2.45) is 0 Å². The quantitative estimate of drug-likeness (QED) is 0.801. The van der Waals surface area contributed by atoms with Crippen LogP contribution in [0.4, 0.5) is 5.95 Å². The number of nitrogens with zero attached hydrogens (tertiary/aromatic N) is 3. The third-order valence-corrected chi connectivity index (χ3v) is 5.71. The van der Waals surface area contributed by atoms with Gasteiger partial charge in [-0.05, 0) is 38.0 Å². The lowest BCUT2D eigenvalue weighted by Crippen LogP contribution is -2.47. The van der Waals surface area contributed by atoms with E-state index in [1.165, 1.54) is 0 Å². The van der Waals surface area contributed by atoms with Gasteiger partial charge in [-0.15, -0.1) is 0 Å². The normalized spacial score (nSPS) is 21.9. The van der Waals surface area contributed by atoms with Gasteiger partial charge in [-0.25, -0.2) is 4.98 Å². The third kappa shape index (κ3) is 4.29. The van der Waals surface area contributed by atoms with Crippen molar-refractivity contribution in [3.05, 3.63) is 45.4 Å². The van der Waals surface area contributed by atoms with Gasteiger partial charge < -0.3 is 19.1 Å². The fourth-order valence-corrected chi connectivity index (χ4v) is 4.35. The largest absolute Gasteiger partial charge is 0.493 e. The predicted molar refractivity (Wildman–Crippen MR) is 114 cm³/mol. The van der Waals surface area contributed by atoms with E-state index in [-0.39, 0.29) is 17.8 Å². The molecule has 3 heterocycles. The number of hydrogen-bond acceptors (Lipinski definition) is 7. The summed E-state index contributed by atoms with van der Waals surface area (Å²) in [5.74, 6) is 2.09. The van der Waals surface area contributed by atoms with E-state index in [1.807, 2.05) is 32.0 Å². The minimum atomic E-state index is -0.0208. The van der Waals surface area contributed by atoms with E-state index in [0.29, 0.717) is 18.9 Å². The summed E-state index contributed by atoms with van der Waals surface area (Å²) in [4.78, 5) is 25.0. The monoisotopic (exact) mass is 414 g/mol. The van der Waals surface area contributed by atoms with Crippen LogP contribution in [0.1, 0.15) is 30.7 Å². The Hall–Kier alpha value is -2.58. The number of ether oxygens (including phenoxy) is 3. The van der Waals surface area contributed by atoms with Crippen LogP contribution >= 0.6 is 0 Å². The molecule has 0 radical (unpaired) electrons. The molecule has 0 bridgehead atoms. The summed E-state index contributed by atoms with van der Waals surface area (Å²) in [5.41, 5.74) is 2.79. The first-order chi connectivity index (χ1) is 14.5. The van der Waals surface area contributed by atoms with E-state index in [4.69, 9.17) is 19.2 Å². The Kier molecular flexibility index (Phi) is 5.97. The Morgan fingerprint density at radius 1 is 1.17 bits per heavy atom. The summed E-state index contributed by atoms with van der Waals surface area (Å²) in [5, 5.41) is 0. The van der Waals surface area contributed by atoms with E-state index in [0.717, 1.165) is 54.5 Å². The number of hydrogen-bond donors (Lipinski definition) is 1. The van der Waals surface area contributed by atoms with Gasteiger partial charge in [0.2, 0.25) is 5.95 Å². The smallest absolute Gasteiger partial charge is 0.255 e. The van der Waals surface area contributed by atoms with Crippen LogP contribution in [0.25, 0.3) is 0 Å². The average Bonchev–Trinajstić information content (AvgIpc) is 2.72. The Balaban J connectivity index is 1.53. The van der Waals surface area contributed by atoms with Crippen molar-refractivity contribution in [2.45, 2.75) is 45.6 Å². The number of methoxy groups -OCH3 is 2. The van der Waals surface area contributed by atoms with Gasteiger partial charge in [-0.1, -0.05) is 6.07 Å². The van der Waals surface area contributed by atoms with E-state index >= 15 is 0 Å². The van der Waals surface area contributed by atoms with Crippen LogP contribution < -0.4 is 19.9 Å². The Morgan fingerprint density at radius 2 is 1.90 bits per heavy atom. The van der Waals surface area contributed by atoms with Crippen molar-refractivity contribution < 1.29 is 14.2 Å². The van der Waals surface area contributed by atoms with Gasteiger partial charge >= 0.3 is 0 Å². The molecule has 1 aromatic heterocycles. The van der Waals surface area contributed by atoms with E-state index in [1.54, 1.807) is 14.2 Å². The summed E-state index contributed by atoms with van der Waals surface area (Å²) in [6.07, 6.45) is 0.912. The zero-order valence-electron chi connectivity index (χ0n) is 18.1. The van der Waals surface area contributed by atoms with Crippen molar-refractivity contribution in [1.29, 1.82) is 0 Å². The summed E-state index contributed by atoms with van der Waals surface area (Å²) in [7, 11) is 3.28. The summed E-state index contributed by atoms with van der Waals surface area (Å²) in [6.45, 7) is 7.76. The molecule has 1 aromatic carbocycles. The molecule has 1 N–H and O–H groups in total. The molecule has 2 aliphatic heterocycles. The molecule has 30 heavy (non-hydrogen) atoms. The number of aromatic nitrogens is 2. The zero-order chi connectivity index (χ0) is 21.3. The highest BCUT2D eigenvalue weighted by Gasteiger charge is 2.27. The van der Waals surface area contributed by atoms with Gasteiger partial charge in [0.15, 0.2) is 11.5 Å². The molecule has 0 unspecified atom stereocenters. The fourth-order valence-electron chi connectivity index (χ4n) is 4.35. The Labute approximate surface area is 176 Å². The topological polar surface area (TPSA) is 79.9 Å². The number of fused-ring (bicyclic) bond motifs is 1. The summed E-state index contributed by atoms with van der Waals surface area (Å²) >= 11 is 0. The first kappa shape index (κ1) is 20.7. The maximum Gasteiger partial charge on any atom is 0.255 e. The molecule has 162 valence electrons. The van der Waals surface area contributed by atoms with E-state index in [2.05, 4.69) is 14.8 Å². The second-order valence-corrected chi connectivity index (χ2v) is 8.13. The molecular weight excluding hydrogens is 384 g/mol. The lowest BCUT2D eigenvalue weighted by atomic mass is 10.1. The summed E-state index contributed by atoms with van der Waals surface area (Å²) in [6, 6.07) is 5.97. The van der Waals surface area contributed by atoms with E-state index < -0.39 is 0 Å². The molecule has 2 atom stereocenters. The van der Waals surface area contributed by atoms with Crippen molar-refractivity contribution in [3.8, 4) is 11.5 Å². The highest BCUT2D eigenvalue weighted by Crippen LogP contribution is 2.29. The van der Waals surface area contributed by atoms with Gasteiger partial charge in [0.1, 0.15) is 0 Å². The maximum absolute atomic E-state index is 12.7.